The maximum absolute atomic E-state index is 13.8. The topological polar surface area (TPSA) is 115 Å². The Labute approximate surface area is 122 Å². The first-order valence-electron chi connectivity index (χ1n) is 6.39. The van der Waals surface area contributed by atoms with Crippen LogP contribution in [0.3, 0.4) is 0 Å². The smallest absolute Gasteiger partial charge is 0.272 e. The van der Waals surface area contributed by atoms with Gasteiger partial charge in [-0.2, -0.15) is 0 Å². The molecule has 0 unspecified atom stereocenters. The van der Waals surface area contributed by atoms with E-state index < -0.39 is 36.9 Å². The first kappa shape index (κ1) is 17.5. The average Bonchev–Trinajstić information content (AvgIpc) is 2.44. The molecule has 1 rings (SSSR count). The van der Waals surface area contributed by atoms with Crippen molar-refractivity contribution in [2.75, 3.05) is 6.54 Å². The highest BCUT2D eigenvalue weighted by Crippen LogP contribution is 2.23. The molecule has 9 heteroatoms. The molecule has 0 aliphatic rings. The molecule has 0 atom stereocenters. The molecule has 0 radical (unpaired) electrons. The van der Waals surface area contributed by atoms with Crippen molar-refractivity contribution >= 4 is 15.7 Å². The normalized spacial score (nSPS) is 12.4. The van der Waals surface area contributed by atoms with Gasteiger partial charge in [-0.05, 0) is 18.9 Å². The van der Waals surface area contributed by atoms with E-state index in [4.69, 9.17) is 5.73 Å². The molecule has 21 heavy (non-hydrogen) atoms. The second kappa shape index (κ2) is 6.46. The molecular weight excluding hydrogens is 301 g/mol. The number of rotatable bonds is 7. The van der Waals surface area contributed by atoms with Crippen LogP contribution in [0.5, 0.6) is 0 Å². The number of nitro benzene ring substituents is 1. The molecule has 0 fully saturated rings. The lowest BCUT2D eigenvalue weighted by Crippen LogP contribution is -2.52. The van der Waals surface area contributed by atoms with E-state index >= 15 is 0 Å². The van der Waals surface area contributed by atoms with Crippen LogP contribution in [0.15, 0.2) is 23.1 Å². The van der Waals surface area contributed by atoms with E-state index in [0.29, 0.717) is 18.9 Å². The summed E-state index contributed by atoms with van der Waals surface area (Å²) < 4.78 is 40.7. The minimum atomic E-state index is -4.15. The number of nitrogens with two attached hydrogens (primary N) is 1. The van der Waals surface area contributed by atoms with Gasteiger partial charge in [-0.15, -0.1) is 0 Å². The molecule has 0 bridgehead atoms. The van der Waals surface area contributed by atoms with E-state index in [1.54, 1.807) is 13.8 Å². The molecule has 0 saturated carbocycles. The van der Waals surface area contributed by atoms with E-state index in [0.717, 1.165) is 12.1 Å². The molecule has 7 nitrogen and oxygen atoms in total. The number of non-ortho nitro benzene ring substituents is 1. The van der Waals surface area contributed by atoms with Gasteiger partial charge >= 0.3 is 0 Å². The van der Waals surface area contributed by atoms with Gasteiger partial charge in [0.05, 0.1) is 11.0 Å². The SMILES string of the molecule is CCC(CC)(CN)NS(=O)(=O)c1ccc([N+](=O)[O-])cc1F. The van der Waals surface area contributed by atoms with Crippen molar-refractivity contribution in [2.45, 2.75) is 37.1 Å². The number of nitrogens with zero attached hydrogens (tertiary/aromatic N) is 1. The lowest BCUT2D eigenvalue weighted by Gasteiger charge is -2.31. The molecule has 0 amide bonds. The van der Waals surface area contributed by atoms with Crippen LogP contribution in [0.25, 0.3) is 0 Å². The number of nitrogens with one attached hydrogen (secondary N) is 1. The number of benzene rings is 1. The van der Waals surface area contributed by atoms with Gasteiger partial charge < -0.3 is 5.73 Å². The van der Waals surface area contributed by atoms with Crippen LogP contribution < -0.4 is 10.5 Å². The molecule has 118 valence electrons. The second-order valence-corrected chi connectivity index (χ2v) is 6.32. The Morgan fingerprint density at radius 2 is 1.95 bits per heavy atom. The van der Waals surface area contributed by atoms with Crippen molar-refractivity contribution < 1.29 is 17.7 Å². The van der Waals surface area contributed by atoms with Crippen LogP contribution in [0.2, 0.25) is 0 Å². The predicted molar refractivity (Wildman–Crippen MR) is 75.7 cm³/mol. The monoisotopic (exact) mass is 319 g/mol. The number of sulfonamides is 1. The lowest BCUT2D eigenvalue weighted by atomic mass is 9.95. The highest BCUT2D eigenvalue weighted by atomic mass is 32.2. The van der Waals surface area contributed by atoms with Crippen molar-refractivity contribution in [3.8, 4) is 0 Å². The zero-order valence-corrected chi connectivity index (χ0v) is 12.6. The van der Waals surface area contributed by atoms with Crippen LogP contribution in [0, 0.1) is 15.9 Å². The van der Waals surface area contributed by atoms with Gasteiger partial charge in [0, 0.05) is 18.2 Å². The van der Waals surface area contributed by atoms with Crippen LogP contribution in [0.1, 0.15) is 26.7 Å². The van der Waals surface area contributed by atoms with E-state index in [9.17, 15) is 22.9 Å². The van der Waals surface area contributed by atoms with Crippen molar-refractivity contribution in [3.63, 3.8) is 0 Å². The van der Waals surface area contributed by atoms with Crippen LogP contribution in [-0.4, -0.2) is 25.4 Å². The van der Waals surface area contributed by atoms with Crippen molar-refractivity contribution in [2.24, 2.45) is 5.73 Å². The second-order valence-electron chi connectivity index (χ2n) is 4.67. The Morgan fingerprint density at radius 1 is 1.38 bits per heavy atom. The summed E-state index contributed by atoms with van der Waals surface area (Å²) in [4.78, 5) is 9.11. The quantitative estimate of drug-likeness (QED) is 0.584. The molecule has 3 N–H and O–H groups in total. The summed E-state index contributed by atoms with van der Waals surface area (Å²) in [7, 11) is -4.15. The lowest BCUT2D eigenvalue weighted by molar-refractivity contribution is -0.385. The molecule has 0 saturated heterocycles. The third-order valence-electron chi connectivity index (χ3n) is 3.51. The molecule has 1 aromatic carbocycles. The summed E-state index contributed by atoms with van der Waals surface area (Å²) in [6, 6.07) is 2.40. The van der Waals surface area contributed by atoms with E-state index in [1.807, 2.05) is 0 Å². The van der Waals surface area contributed by atoms with Gasteiger partial charge in [0.2, 0.25) is 10.0 Å². The van der Waals surface area contributed by atoms with Gasteiger partial charge in [0.15, 0.2) is 0 Å². The number of hydrogen-bond acceptors (Lipinski definition) is 5. The first-order valence-corrected chi connectivity index (χ1v) is 7.87. The maximum atomic E-state index is 13.8. The Morgan fingerprint density at radius 3 is 2.33 bits per heavy atom. The Bertz CT molecular complexity index is 621. The van der Waals surface area contributed by atoms with Gasteiger partial charge in [-0.25, -0.2) is 17.5 Å². The Kier molecular flexibility index (Phi) is 5.37. The molecule has 0 heterocycles. The van der Waals surface area contributed by atoms with Crippen LogP contribution in [0.4, 0.5) is 10.1 Å². The Balaban J connectivity index is 3.23. The largest absolute Gasteiger partial charge is 0.329 e. The van der Waals surface area contributed by atoms with E-state index in [1.165, 1.54) is 0 Å². The van der Waals surface area contributed by atoms with Crippen molar-refractivity contribution in [3.05, 3.63) is 34.1 Å². The molecular formula is C12H18FN3O4S. The number of halogens is 1. The zero-order valence-electron chi connectivity index (χ0n) is 11.8. The third-order valence-corrected chi connectivity index (χ3v) is 5.12. The molecule has 0 aromatic heterocycles. The van der Waals surface area contributed by atoms with Crippen molar-refractivity contribution in [1.82, 2.24) is 4.72 Å². The van der Waals surface area contributed by atoms with Gasteiger partial charge in [-0.1, -0.05) is 13.8 Å². The molecule has 1 aromatic rings. The molecule has 0 spiro atoms. The summed E-state index contributed by atoms with van der Waals surface area (Å²) in [6.07, 6.45) is 0.877. The first-order chi connectivity index (χ1) is 9.71. The van der Waals surface area contributed by atoms with Gasteiger partial charge in [0.25, 0.3) is 5.69 Å². The fourth-order valence-electron chi connectivity index (χ4n) is 1.89. The average molecular weight is 319 g/mol. The van der Waals surface area contributed by atoms with Crippen LogP contribution >= 0.6 is 0 Å². The standard InChI is InChI=1S/C12H18FN3O4S/c1-3-12(4-2,8-14)15-21(19,20)11-6-5-9(16(17)18)7-10(11)13/h5-7,15H,3-4,8,14H2,1-2H3. The predicted octanol–water partition coefficient (Wildman–Crippen LogP) is 1.53. The molecule has 0 aliphatic carbocycles. The fourth-order valence-corrected chi connectivity index (χ4v) is 3.50. The van der Waals surface area contributed by atoms with Gasteiger partial charge in [0.1, 0.15) is 10.7 Å². The summed E-state index contributed by atoms with van der Waals surface area (Å²) in [5.74, 6) is -1.17. The summed E-state index contributed by atoms with van der Waals surface area (Å²) in [5, 5.41) is 10.5. The molecule has 0 aliphatic heterocycles. The fraction of sp³-hybridized carbons (Fsp3) is 0.500. The van der Waals surface area contributed by atoms with Crippen molar-refractivity contribution in [1.29, 1.82) is 0 Å². The maximum Gasteiger partial charge on any atom is 0.272 e. The minimum Gasteiger partial charge on any atom is -0.329 e. The summed E-state index contributed by atoms with van der Waals surface area (Å²) >= 11 is 0. The van der Waals surface area contributed by atoms with E-state index in [2.05, 4.69) is 4.72 Å². The number of hydrogen-bond donors (Lipinski definition) is 2. The summed E-state index contributed by atoms with van der Waals surface area (Å²) in [5.41, 5.74) is 4.23. The van der Waals surface area contributed by atoms with Crippen LogP contribution in [-0.2, 0) is 10.0 Å². The highest BCUT2D eigenvalue weighted by Gasteiger charge is 2.32. The Hall–Kier alpha value is -1.58. The minimum absolute atomic E-state index is 0.0633. The zero-order chi connectivity index (χ0) is 16.3. The number of nitro groups is 1. The third kappa shape index (κ3) is 3.74. The summed E-state index contributed by atoms with van der Waals surface area (Å²) in [6.45, 7) is 3.60. The highest BCUT2D eigenvalue weighted by molar-refractivity contribution is 7.89. The van der Waals surface area contributed by atoms with E-state index in [-0.39, 0.29) is 6.54 Å². The van der Waals surface area contributed by atoms with Gasteiger partial charge in [-0.3, -0.25) is 10.1 Å².